The van der Waals surface area contributed by atoms with Gasteiger partial charge in [0.15, 0.2) is 0 Å². The van der Waals surface area contributed by atoms with Gasteiger partial charge in [-0.05, 0) is 32.8 Å². The summed E-state index contributed by atoms with van der Waals surface area (Å²) in [5.74, 6) is 1.84. The number of anilines is 2. The Labute approximate surface area is 130 Å². The Morgan fingerprint density at radius 2 is 2.05 bits per heavy atom. The molecule has 2 aromatic heterocycles. The second-order valence-corrected chi connectivity index (χ2v) is 7.11. The average Bonchev–Trinajstić information content (AvgIpc) is 2.87. The molecule has 1 aliphatic carbocycles. The van der Waals surface area contributed by atoms with Crippen molar-refractivity contribution in [1.82, 2.24) is 9.97 Å². The van der Waals surface area contributed by atoms with Crippen LogP contribution in [0, 0.1) is 6.92 Å². The Morgan fingerprint density at radius 3 is 2.76 bits per heavy atom. The molecule has 0 saturated heterocycles. The highest BCUT2D eigenvalue weighted by Crippen LogP contribution is 2.34. The van der Waals surface area contributed by atoms with Crippen molar-refractivity contribution < 1.29 is 0 Å². The maximum Gasteiger partial charge on any atom is 0.226 e. The lowest BCUT2D eigenvalue weighted by molar-refractivity contribution is 0.426. The SMILES string of the molecule is CCNc1nc(N(C)C2CCCCC2)c2cc(C)sc2n1. The second-order valence-electron chi connectivity index (χ2n) is 5.88. The fourth-order valence-corrected chi connectivity index (χ4v) is 4.05. The van der Waals surface area contributed by atoms with Crippen LogP contribution < -0.4 is 10.2 Å². The van der Waals surface area contributed by atoms with Gasteiger partial charge < -0.3 is 10.2 Å². The van der Waals surface area contributed by atoms with Gasteiger partial charge in [0.05, 0.1) is 5.39 Å². The third kappa shape index (κ3) is 2.98. The van der Waals surface area contributed by atoms with Crippen molar-refractivity contribution in [3.05, 3.63) is 10.9 Å². The zero-order valence-corrected chi connectivity index (χ0v) is 14.0. The van der Waals surface area contributed by atoms with E-state index < -0.39 is 0 Å². The first-order valence-electron chi connectivity index (χ1n) is 7.94. The Bertz CT molecular complexity index is 616. The molecule has 1 aliphatic rings. The molecule has 4 nitrogen and oxygen atoms in total. The van der Waals surface area contributed by atoms with Crippen LogP contribution in [0.15, 0.2) is 6.07 Å². The number of fused-ring (bicyclic) bond motifs is 1. The maximum atomic E-state index is 4.79. The molecule has 0 aromatic carbocycles. The highest BCUT2D eigenvalue weighted by Gasteiger charge is 2.22. The highest BCUT2D eigenvalue weighted by molar-refractivity contribution is 7.18. The molecule has 0 spiro atoms. The van der Waals surface area contributed by atoms with Crippen molar-refractivity contribution in [1.29, 1.82) is 0 Å². The third-order valence-electron chi connectivity index (χ3n) is 4.29. The van der Waals surface area contributed by atoms with Crippen LogP contribution in [0.2, 0.25) is 0 Å². The number of rotatable bonds is 4. The summed E-state index contributed by atoms with van der Waals surface area (Å²) in [6.07, 6.45) is 6.62. The van der Waals surface area contributed by atoms with Gasteiger partial charge in [-0.25, -0.2) is 4.98 Å². The molecular weight excluding hydrogens is 280 g/mol. The summed E-state index contributed by atoms with van der Waals surface area (Å²) in [6, 6.07) is 2.84. The number of nitrogens with one attached hydrogen (secondary N) is 1. The molecule has 0 unspecified atom stereocenters. The van der Waals surface area contributed by atoms with Gasteiger partial charge in [-0.3, -0.25) is 0 Å². The quantitative estimate of drug-likeness (QED) is 0.919. The first-order chi connectivity index (χ1) is 10.2. The lowest BCUT2D eigenvalue weighted by Gasteiger charge is -2.32. The lowest BCUT2D eigenvalue weighted by atomic mass is 9.94. The molecular formula is C16H24N4S. The summed E-state index contributed by atoms with van der Waals surface area (Å²) in [7, 11) is 2.19. The van der Waals surface area contributed by atoms with Crippen LogP contribution in [-0.2, 0) is 0 Å². The summed E-state index contributed by atoms with van der Waals surface area (Å²) < 4.78 is 0. The molecule has 21 heavy (non-hydrogen) atoms. The summed E-state index contributed by atoms with van der Waals surface area (Å²) in [5, 5.41) is 4.47. The third-order valence-corrected chi connectivity index (χ3v) is 5.23. The molecule has 0 bridgehead atoms. The number of hydrogen-bond acceptors (Lipinski definition) is 5. The van der Waals surface area contributed by atoms with E-state index in [0.29, 0.717) is 6.04 Å². The molecule has 1 N–H and O–H groups in total. The Balaban J connectivity index is 2.01. The number of hydrogen-bond donors (Lipinski definition) is 1. The molecule has 0 radical (unpaired) electrons. The van der Waals surface area contributed by atoms with Gasteiger partial charge in [0.1, 0.15) is 10.6 Å². The van der Waals surface area contributed by atoms with Crippen molar-refractivity contribution in [2.45, 2.75) is 52.0 Å². The first-order valence-corrected chi connectivity index (χ1v) is 8.75. The minimum absolute atomic E-state index is 0.617. The zero-order valence-electron chi connectivity index (χ0n) is 13.1. The normalized spacial score (nSPS) is 16.3. The van der Waals surface area contributed by atoms with E-state index in [0.717, 1.165) is 23.1 Å². The number of thiophene rings is 1. The van der Waals surface area contributed by atoms with E-state index in [1.165, 1.54) is 42.4 Å². The monoisotopic (exact) mass is 304 g/mol. The standard InChI is InChI=1S/C16H24N4S/c1-4-17-16-18-14(13-10-11(2)21-15(13)19-16)20(3)12-8-6-5-7-9-12/h10,12H,4-9H2,1-3H3,(H,17,18,19). The lowest BCUT2D eigenvalue weighted by Crippen LogP contribution is -2.34. The van der Waals surface area contributed by atoms with Gasteiger partial charge in [0.2, 0.25) is 5.95 Å². The Kier molecular flexibility index (Phi) is 4.29. The van der Waals surface area contributed by atoms with Crippen molar-refractivity contribution >= 4 is 33.3 Å². The molecule has 0 aliphatic heterocycles. The molecule has 2 aromatic rings. The molecule has 114 valence electrons. The largest absolute Gasteiger partial charge is 0.356 e. The van der Waals surface area contributed by atoms with E-state index in [1.54, 1.807) is 11.3 Å². The number of aromatic nitrogens is 2. The van der Waals surface area contributed by atoms with Gasteiger partial charge in [-0.1, -0.05) is 19.3 Å². The molecule has 2 heterocycles. The van der Waals surface area contributed by atoms with Crippen LogP contribution in [-0.4, -0.2) is 29.6 Å². The smallest absolute Gasteiger partial charge is 0.226 e. The van der Waals surface area contributed by atoms with E-state index >= 15 is 0 Å². The van der Waals surface area contributed by atoms with Crippen LogP contribution in [0.5, 0.6) is 0 Å². The predicted molar refractivity (Wildman–Crippen MR) is 91.6 cm³/mol. The Hall–Kier alpha value is -1.36. The highest BCUT2D eigenvalue weighted by atomic mass is 32.1. The van der Waals surface area contributed by atoms with E-state index in [9.17, 15) is 0 Å². The fraction of sp³-hybridized carbons (Fsp3) is 0.625. The molecule has 0 atom stereocenters. The topological polar surface area (TPSA) is 41.1 Å². The summed E-state index contributed by atoms with van der Waals surface area (Å²) in [6.45, 7) is 5.07. The number of aryl methyl sites for hydroxylation is 1. The van der Waals surface area contributed by atoms with Crippen LogP contribution in [0.3, 0.4) is 0 Å². The van der Waals surface area contributed by atoms with E-state index in [-0.39, 0.29) is 0 Å². The van der Waals surface area contributed by atoms with Crippen LogP contribution in [0.1, 0.15) is 43.9 Å². The minimum Gasteiger partial charge on any atom is -0.356 e. The van der Waals surface area contributed by atoms with Crippen LogP contribution in [0.4, 0.5) is 11.8 Å². The number of nitrogens with zero attached hydrogens (tertiary/aromatic N) is 3. The Morgan fingerprint density at radius 1 is 1.29 bits per heavy atom. The van der Waals surface area contributed by atoms with E-state index in [1.807, 2.05) is 0 Å². The average molecular weight is 304 g/mol. The van der Waals surface area contributed by atoms with Gasteiger partial charge in [0, 0.05) is 24.5 Å². The zero-order chi connectivity index (χ0) is 14.8. The van der Waals surface area contributed by atoms with Gasteiger partial charge in [-0.15, -0.1) is 11.3 Å². The van der Waals surface area contributed by atoms with Gasteiger partial charge in [-0.2, -0.15) is 4.98 Å². The van der Waals surface area contributed by atoms with Crippen molar-refractivity contribution in [3.8, 4) is 0 Å². The molecule has 0 amide bonds. The van der Waals surface area contributed by atoms with E-state index in [2.05, 4.69) is 42.2 Å². The fourth-order valence-electron chi connectivity index (χ4n) is 3.17. The van der Waals surface area contributed by atoms with Crippen LogP contribution >= 0.6 is 11.3 Å². The maximum absolute atomic E-state index is 4.79. The first kappa shape index (κ1) is 14.6. The van der Waals surface area contributed by atoms with Crippen LogP contribution in [0.25, 0.3) is 10.2 Å². The molecule has 1 fully saturated rings. The van der Waals surface area contributed by atoms with Gasteiger partial charge in [0.25, 0.3) is 0 Å². The summed E-state index contributed by atoms with van der Waals surface area (Å²) >= 11 is 1.75. The minimum atomic E-state index is 0.617. The van der Waals surface area contributed by atoms with E-state index in [4.69, 9.17) is 4.98 Å². The molecule has 5 heteroatoms. The van der Waals surface area contributed by atoms with Gasteiger partial charge >= 0.3 is 0 Å². The molecule has 1 saturated carbocycles. The summed E-state index contributed by atoms with van der Waals surface area (Å²) in [4.78, 5) is 14.2. The van der Waals surface area contributed by atoms with Crippen molar-refractivity contribution in [2.75, 3.05) is 23.8 Å². The van der Waals surface area contributed by atoms with Crippen molar-refractivity contribution in [2.24, 2.45) is 0 Å². The summed E-state index contributed by atoms with van der Waals surface area (Å²) in [5.41, 5.74) is 0. The second kappa shape index (κ2) is 6.18. The molecule has 3 rings (SSSR count). The van der Waals surface area contributed by atoms with Crippen molar-refractivity contribution in [3.63, 3.8) is 0 Å². The predicted octanol–water partition coefficient (Wildman–Crippen LogP) is 4.20.